The van der Waals surface area contributed by atoms with Crippen LogP contribution in [0, 0.1) is 13.1 Å². The van der Waals surface area contributed by atoms with Gasteiger partial charge in [-0.15, -0.1) is 5.75 Å². The van der Waals surface area contributed by atoms with Crippen LogP contribution in [0.25, 0.3) is 15.8 Å². The molecule has 0 saturated heterocycles. The van der Waals surface area contributed by atoms with Crippen LogP contribution in [-0.2, 0) is 0 Å². The van der Waals surface area contributed by atoms with E-state index in [0.29, 0.717) is 0 Å². The number of hydrogen-bond acceptors (Lipinski definition) is 2. The molecule has 0 unspecified atom stereocenters. The molecule has 4 heteroatoms. The molecular weight excluding hydrogens is 430 g/mol. The zero-order valence-corrected chi connectivity index (χ0v) is 21.1. The Morgan fingerprint density at radius 2 is 1.14 bits per heavy atom. The molecule has 0 bridgehead atoms. The van der Waals surface area contributed by atoms with Gasteiger partial charge < -0.3 is 10.0 Å². The second kappa shape index (κ2) is 33.6. The third-order valence-corrected chi connectivity index (χ3v) is 4.63. The minimum absolute atomic E-state index is 0. The number of hydrogen-bond donors (Lipinski definition) is 0. The molecule has 1 rings (SSSR count). The van der Waals surface area contributed by atoms with Gasteiger partial charge in [-0.25, -0.2) is 0 Å². The van der Waals surface area contributed by atoms with E-state index in [1.54, 1.807) is 24.3 Å². The SMILES string of the molecule is C.C.C.CCCC.CCCCN(CCCC)CCCC.[C-]#[N+]C(=CC=Cc1ccc([O-])cc1)[N+]#[C-]. The third-order valence-electron chi connectivity index (χ3n) is 4.63. The molecule has 0 aromatic heterocycles. The first-order valence-corrected chi connectivity index (χ1v) is 12.1. The molecule has 0 fully saturated rings. The Balaban J connectivity index is -0.000000139. The average Bonchev–Trinajstić information content (AvgIpc) is 2.83. The number of allylic oxidation sites excluding steroid dienone is 2. The van der Waals surface area contributed by atoms with Gasteiger partial charge in [-0.3, -0.25) is 0 Å². The van der Waals surface area contributed by atoms with Gasteiger partial charge in [0.1, 0.15) is 13.1 Å². The lowest BCUT2D eigenvalue weighted by atomic mass is 10.2. The van der Waals surface area contributed by atoms with Crippen molar-refractivity contribution in [2.45, 2.75) is 108 Å². The smallest absolute Gasteiger partial charge is 0.519 e. The van der Waals surface area contributed by atoms with Crippen molar-refractivity contribution in [1.29, 1.82) is 0 Å². The Kier molecular flexibility index (Phi) is 40.9. The molecule has 0 amide bonds. The quantitative estimate of drug-likeness (QED) is 0.218. The van der Waals surface area contributed by atoms with Crippen molar-refractivity contribution in [3.63, 3.8) is 0 Å². The molecule has 0 atom stereocenters. The lowest BCUT2D eigenvalue weighted by molar-refractivity contribution is -0.268. The van der Waals surface area contributed by atoms with Crippen molar-refractivity contribution < 1.29 is 5.11 Å². The maximum Gasteiger partial charge on any atom is 0.519 e. The molecule has 0 saturated carbocycles. The normalized spacial score (nSPS) is 8.91. The Hall–Kier alpha value is -2.56. The highest BCUT2D eigenvalue weighted by Crippen LogP contribution is 2.09. The van der Waals surface area contributed by atoms with Crippen LogP contribution in [-0.4, -0.2) is 24.5 Å². The number of rotatable bonds is 12. The Labute approximate surface area is 220 Å². The number of nitrogens with zero attached hydrogens (tertiary/aromatic N) is 3. The second-order valence-electron chi connectivity index (χ2n) is 7.58. The summed E-state index contributed by atoms with van der Waals surface area (Å²) in [6.07, 6.45) is 15.5. The molecule has 202 valence electrons. The van der Waals surface area contributed by atoms with E-state index in [-0.39, 0.29) is 33.9 Å². The van der Waals surface area contributed by atoms with Crippen LogP contribution in [0.1, 0.15) is 114 Å². The van der Waals surface area contributed by atoms with Gasteiger partial charge in [-0.1, -0.05) is 125 Å². The summed E-state index contributed by atoms with van der Waals surface area (Å²) >= 11 is 0. The summed E-state index contributed by atoms with van der Waals surface area (Å²) < 4.78 is 0. The van der Waals surface area contributed by atoms with Crippen LogP contribution in [0.4, 0.5) is 0 Å². The van der Waals surface area contributed by atoms with Crippen molar-refractivity contribution in [1.82, 2.24) is 4.90 Å². The van der Waals surface area contributed by atoms with Crippen molar-refractivity contribution in [2.75, 3.05) is 19.6 Å². The van der Waals surface area contributed by atoms with Gasteiger partial charge in [0.25, 0.3) is 0 Å². The molecule has 0 heterocycles. The highest BCUT2D eigenvalue weighted by molar-refractivity contribution is 5.52. The predicted octanol–water partition coefficient (Wildman–Crippen LogP) is 9.86. The van der Waals surface area contributed by atoms with E-state index in [0.717, 1.165) is 5.56 Å². The predicted molar refractivity (Wildman–Crippen MR) is 158 cm³/mol. The Morgan fingerprint density at radius 1 is 0.743 bits per heavy atom. The van der Waals surface area contributed by atoms with E-state index in [4.69, 9.17) is 13.1 Å². The monoisotopic (exact) mass is 486 g/mol. The average molecular weight is 487 g/mol. The zero-order valence-electron chi connectivity index (χ0n) is 21.1. The molecule has 0 spiro atoms. The van der Waals surface area contributed by atoms with E-state index in [2.05, 4.69) is 49.2 Å². The second-order valence-corrected chi connectivity index (χ2v) is 7.58. The zero-order chi connectivity index (χ0) is 24.5. The van der Waals surface area contributed by atoms with Gasteiger partial charge in [0.2, 0.25) is 0 Å². The highest BCUT2D eigenvalue weighted by Gasteiger charge is 2.01. The van der Waals surface area contributed by atoms with Crippen LogP contribution in [0.2, 0.25) is 0 Å². The van der Waals surface area contributed by atoms with Crippen molar-refractivity contribution in [3.8, 4) is 5.75 Å². The molecule has 0 aliphatic heterocycles. The Morgan fingerprint density at radius 3 is 1.46 bits per heavy atom. The largest absolute Gasteiger partial charge is 0.872 e. The fraction of sp³-hybridized carbons (Fsp3) is 0.613. The van der Waals surface area contributed by atoms with Gasteiger partial charge in [0.05, 0.1) is 0 Å². The topological polar surface area (TPSA) is 35.0 Å². The van der Waals surface area contributed by atoms with Crippen molar-refractivity contribution in [3.05, 3.63) is 70.6 Å². The standard InChI is InChI=1S/C12H8N2O.C12H27N.C4H10.3CH4/c1-13-12(14-2)5-3-4-10-6-8-11(15)9-7-10;1-4-7-10-13(11-8-5-2)12-9-6-3;1-3-4-2;;;/h3-9,15H;4-12H2,1-3H3;3-4H2,1-2H3;3*1H4/p-1. The summed E-state index contributed by atoms with van der Waals surface area (Å²) in [7, 11) is 0. The van der Waals surface area contributed by atoms with Crippen LogP contribution in [0.15, 0.2) is 42.2 Å². The van der Waals surface area contributed by atoms with Crippen LogP contribution in [0.3, 0.4) is 0 Å². The summed E-state index contributed by atoms with van der Waals surface area (Å²) in [5.41, 5.74) is 0.861. The molecule has 0 radical (unpaired) electrons. The van der Waals surface area contributed by atoms with E-state index in [1.807, 2.05) is 0 Å². The summed E-state index contributed by atoms with van der Waals surface area (Å²) in [4.78, 5) is 8.65. The summed E-state index contributed by atoms with van der Waals surface area (Å²) in [6, 6.07) is 6.30. The highest BCUT2D eigenvalue weighted by atomic mass is 16.3. The fourth-order valence-electron chi connectivity index (χ4n) is 2.40. The van der Waals surface area contributed by atoms with Gasteiger partial charge in [0, 0.05) is 6.08 Å². The van der Waals surface area contributed by atoms with Gasteiger partial charge in [-0.05, 0) is 44.5 Å². The van der Waals surface area contributed by atoms with E-state index >= 15 is 0 Å². The van der Waals surface area contributed by atoms with Gasteiger partial charge in [0.15, 0.2) is 0 Å². The molecule has 4 nitrogen and oxygen atoms in total. The lowest BCUT2D eigenvalue weighted by Crippen LogP contribution is -2.27. The summed E-state index contributed by atoms with van der Waals surface area (Å²) in [6.45, 7) is 28.4. The number of benzene rings is 1. The van der Waals surface area contributed by atoms with Crippen LogP contribution >= 0.6 is 0 Å². The summed E-state index contributed by atoms with van der Waals surface area (Å²) in [5, 5.41) is 10.8. The third kappa shape index (κ3) is 29.4. The fourth-order valence-corrected chi connectivity index (χ4v) is 2.40. The molecule has 1 aromatic carbocycles. The molecule has 35 heavy (non-hydrogen) atoms. The van der Waals surface area contributed by atoms with Gasteiger partial charge in [-0.2, -0.15) is 9.69 Å². The molecule has 0 N–H and O–H groups in total. The van der Waals surface area contributed by atoms with Crippen molar-refractivity contribution in [2.24, 2.45) is 0 Å². The maximum atomic E-state index is 10.8. The maximum absolute atomic E-state index is 10.8. The molecule has 0 aliphatic carbocycles. The van der Waals surface area contributed by atoms with Crippen molar-refractivity contribution >= 4 is 6.08 Å². The first kappa shape index (κ1) is 42.6. The Bertz CT molecular complexity index is 642. The van der Waals surface area contributed by atoms with Crippen LogP contribution < -0.4 is 5.11 Å². The van der Waals surface area contributed by atoms with E-state index < -0.39 is 0 Å². The number of unbranched alkanes of at least 4 members (excludes halogenated alkanes) is 4. The first-order chi connectivity index (χ1) is 15.5. The van der Waals surface area contributed by atoms with Crippen LogP contribution in [0.5, 0.6) is 5.75 Å². The lowest BCUT2D eigenvalue weighted by Gasteiger charge is -2.21. The minimum Gasteiger partial charge on any atom is -0.872 e. The molecule has 0 aliphatic rings. The van der Waals surface area contributed by atoms with E-state index in [1.165, 1.54) is 89.2 Å². The van der Waals surface area contributed by atoms with E-state index in [9.17, 15) is 5.11 Å². The molecular formula is C31H56N3O-. The molecule has 1 aromatic rings. The summed E-state index contributed by atoms with van der Waals surface area (Å²) in [5.74, 6) is -0.0163. The first-order valence-electron chi connectivity index (χ1n) is 12.1. The minimum atomic E-state index is -0.0364. The van der Waals surface area contributed by atoms with Gasteiger partial charge >= 0.3 is 5.82 Å².